The van der Waals surface area contributed by atoms with Gasteiger partial charge in [0.25, 0.3) is 5.91 Å². The van der Waals surface area contributed by atoms with Crippen LogP contribution in [0.4, 0.5) is 10.1 Å². The number of benzene rings is 2. The van der Waals surface area contributed by atoms with E-state index in [0.29, 0.717) is 11.3 Å². The molecule has 0 aliphatic rings. The molecule has 1 N–H and O–H groups in total. The van der Waals surface area contributed by atoms with Gasteiger partial charge in [-0.1, -0.05) is 17.7 Å². The number of methoxy groups -OCH3 is 1. The van der Waals surface area contributed by atoms with Gasteiger partial charge in [0, 0.05) is 17.3 Å². The van der Waals surface area contributed by atoms with Crippen LogP contribution in [0.15, 0.2) is 48.5 Å². The third-order valence-electron chi connectivity index (χ3n) is 3.32. The fourth-order valence-corrected chi connectivity index (χ4v) is 2.24. The summed E-state index contributed by atoms with van der Waals surface area (Å²) < 4.78 is 22.9. The Morgan fingerprint density at radius 1 is 1.15 bits per heavy atom. The van der Waals surface area contributed by atoms with E-state index in [0.717, 1.165) is 6.08 Å². The lowest BCUT2D eigenvalue weighted by Crippen LogP contribution is -2.20. The van der Waals surface area contributed by atoms with Crippen LogP contribution in [0.1, 0.15) is 15.9 Å². The number of anilines is 1. The smallest absolute Gasteiger partial charge is 0.337 e. The molecule has 0 aromatic heterocycles. The fourth-order valence-electron chi connectivity index (χ4n) is 2.01. The van der Waals surface area contributed by atoms with Crippen molar-refractivity contribution in [2.45, 2.75) is 0 Å². The predicted molar refractivity (Wildman–Crippen MR) is 97.8 cm³/mol. The molecular formula is C19H15ClFNO5. The first-order chi connectivity index (χ1) is 12.9. The number of rotatable bonds is 6. The van der Waals surface area contributed by atoms with E-state index >= 15 is 0 Å². The van der Waals surface area contributed by atoms with Gasteiger partial charge in [-0.15, -0.1) is 0 Å². The zero-order valence-corrected chi connectivity index (χ0v) is 15.0. The molecule has 0 saturated heterocycles. The second-order valence-electron chi connectivity index (χ2n) is 5.19. The van der Waals surface area contributed by atoms with Gasteiger partial charge in [-0.25, -0.2) is 14.0 Å². The molecule has 2 aromatic rings. The monoisotopic (exact) mass is 391 g/mol. The minimum Gasteiger partial charge on any atom is -0.465 e. The van der Waals surface area contributed by atoms with Crippen LogP contribution in [0.5, 0.6) is 0 Å². The summed E-state index contributed by atoms with van der Waals surface area (Å²) in [5.74, 6) is -2.49. The first kappa shape index (κ1) is 20.1. The number of esters is 2. The van der Waals surface area contributed by atoms with Gasteiger partial charge < -0.3 is 14.8 Å². The summed E-state index contributed by atoms with van der Waals surface area (Å²) in [5, 5.41) is 2.65. The molecule has 0 fully saturated rings. The van der Waals surface area contributed by atoms with Crippen molar-refractivity contribution in [1.82, 2.24) is 0 Å². The van der Waals surface area contributed by atoms with Crippen molar-refractivity contribution < 1.29 is 28.2 Å². The number of amides is 1. The normalized spacial score (nSPS) is 10.5. The maximum absolute atomic E-state index is 13.6. The van der Waals surface area contributed by atoms with Crippen molar-refractivity contribution >= 4 is 41.2 Å². The van der Waals surface area contributed by atoms with E-state index in [2.05, 4.69) is 10.1 Å². The van der Waals surface area contributed by atoms with Gasteiger partial charge in [0.2, 0.25) is 0 Å². The number of carbonyl (C=O) groups is 3. The van der Waals surface area contributed by atoms with E-state index in [-0.39, 0.29) is 10.6 Å². The van der Waals surface area contributed by atoms with Crippen LogP contribution in [0, 0.1) is 5.82 Å². The van der Waals surface area contributed by atoms with E-state index in [1.807, 2.05) is 0 Å². The first-order valence-electron chi connectivity index (χ1n) is 7.68. The van der Waals surface area contributed by atoms with Crippen molar-refractivity contribution in [1.29, 1.82) is 0 Å². The highest BCUT2D eigenvalue weighted by molar-refractivity contribution is 6.32. The maximum atomic E-state index is 13.6. The summed E-state index contributed by atoms with van der Waals surface area (Å²) in [7, 11) is 1.26. The Kier molecular flexibility index (Phi) is 7.08. The lowest BCUT2D eigenvalue weighted by atomic mass is 10.2. The SMILES string of the molecule is COC(=O)c1ccc(NC(=O)COC(=O)/C=C/c2c(F)cccc2Cl)cc1. The second-order valence-corrected chi connectivity index (χ2v) is 5.60. The third kappa shape index (κ3) is 5.93. The zero-order valence-electron chi connectivity index (χ0n) is 14.2. The van der Waals surface area contributed by atoms with Crippen LogP contribution < -0.4 is 5.32 Å². The highest BCUT2D eigenvalue weighted by Gasteiger charge is 2.09. The number of hydrogen-bond donors (Lipinski definition) is 1. The maximum Gasteiger partial charge on any atom is 0.337 e. The Hall–Kier alpha value is -3.19. The molecule has 0 aliphatic carbocycles. The van der Waals surface area contributed by atoms with E-state index in [9.17, 15) is 18.8 Å². The van der Waals surface area contributed by atoms with Gasteiger partial charge >= 0.3 is 11.9 Å². The molecule has 8 heteroatoms. The third-order valence-corrected chi connectivity index (χ3v) is 3.65. The predicted octanol–water partition coefficient (Wildman–Crippen LogP) is 3.46. The van der Waals surface area contributed by atoms with Crippen molar-refractivity contribution in [3.05, 3.63) is 70.5 Å². The summed E-state index contributed by atoms with van der Waals surface area (Å²) in [6.45, 7) is -0.535. The Morgan fingerprint density at radius 2 is 1.85 bits per heavy atom. The summed E-state index contributed by atoms with van der Waals surface area (Å²) in [6, 6.07) is 10.1. The zero-order chi connectivity index (χ0) is 19.8. The number of carbonyl (C=O) groups excluding carboxylic acids is 3. The van der Waals surface area contributed by atoms with Gasteiger partial charge in [0.1, 0.15) is 5.82 Å². The average Bonchev–Trinajstić information content (AvgIpc) is 2.66. The molecule has 140 valence electrons. The molecule has 0 radical (unpaired) electrons. The van der Waals surface area contributed by atoms with Crippen molar-refractivity contribution in [2.75, 3.05) is 19.0 Å². The molecule has 0 atom stereocenters. The minimum absolute atomic E-state index is 0.0475. The van der Waals surface area contributed by atoms with Crippen molar-refractivity contribution in [3.63, 3.8) is 0 Å². The van der Waals surface area contributed by atoms with Crippen LogP contribution in [-0.2, 0) is 19.1 Å². The van der Waals surface area contributed by atoms with Gasteiger partial charge in [-0.3, -0.25) is 4.79 Å². The van der Waals surface area contributed by atoms with Crippen LogP contribution >= 0.6 is 11.6 Å². The van der Waals surface area contributed by atoms with Gasteiger partial charge in [0.05, 0.1) is 17.7 Å². The van der Waals surface area contributed by atoms with E-state index in [4.69, 9.17) is 16.3 Å². The van der Waals surface area contributed by atoms with Crippen LogP contribution in [0.3, 0.4) is 0 Å². The quantitative estimate of drug-likeness (QED) is 0.602. The molecule has 0 unspecified atom stereocenters. The summed E-state index contributed by atoms with van der Waals surface area (Å²) in [4.78, 5) is 34.8. The summed E-state index contributed by atoms with van der Waals surface area (Å²) in [5.41, 5.74) is 0.794. The summed E-state index contributed by atoms with van der Waals surface area (Å²) >= 11 is 5.83. The standard InChI is InChI=1S/C19H15ClFNO5/c1-26-19(25)12-5-7-13(8-6-12)22-17(23)11-27-18(24)10-9-14-15(20)3-2-4-16(14)21/h2-10H,11H2,1H3,(H,22,23)/b10-9+. The summed E-state index contributed by atoms with van der Waals surface area (Å²) in [6.07, 6.45) is 2.15. The molecule has 1 amide bonds. The van der Waals surface area contributed by atoms with E-state index < -0.39 is 30.3 Å². The number of ether oxygens (including phenoxy) is 2. The number of hydrogen-bond acceptors (Lipinski definition) is 5. The topological polar surface area (TPSA) is 81.7 Å². The Morgan fingerprint density at radius 3 is 2.48 bits per heavy atom. The van der Waals surface area contributed by atoms with E-state index in [1.165, 1.54) is 55.7 Å². The second kappa shape index (κ2) is 9.49. The number of nitrogens with one attached hydrogen (secondary N) is 1. The lowest BCUT2D eigenvalue weighted by molar-refractivity contribution is -0.142. The lowest BCUT2D eigenvalue weighted by Gasteiger charge is -2.06. The molecule has 27 heavy (non-hydrogen) atoms. The van der Waals surface area contributed by atoms with Gasteiger partial charge in [-0.05, 0) is 42.5 Å². The van der Waals surface area contributed by atoms with Crippen LogP contribution in [0.2, 0.25) is 5.02 Å². The molecule has 0 saturated carbocycles. The molecule has 0 heterocycles. The molecule has 2 rings (SSSR count). The molecule has 0 bridgehead atoms. The van der Waals surface area contributed by atoms with E-state index in [1.54, 1.807) is 0 Å². The Bertz CT molecular complexity index is 860. The minimum atomic E-state index is -0.828. The molecule has 0 spiro atoms. The molecular weight excluding hydrogens is 377 g/mol. The largest absolute Gasteiger partial charge is 0.465 e. The van der Waals surface area contributed by atoms with Gasteiger partial charge in [-0.2, -0.15) is 0 Å². The van der Waals surface area contributed by atoms with Crippen molar-refractivity contribution in [2.24, 2.45) is 0 Å². The average molecular weight is 392 g/mol. The fraction of sp³-hybridized carbons (Fsp3) is 0.105. The highest BCUT2D eigenvalue weighted by atomic mass is 35.5. The first-order valence-corrected chi connectivity index (χ1v) is 8.05. The van der Waals surface area contributed by atoms with Crippen LogP contribution in [0.25, 0.3) is 6.08 Å². The molecule has 6 nitrogen and oxygen atoms in total. The van der Waals surface area contributed by atoms with Gasteiger partial charge in [0.15, 0.2) is 6.61 Å². The highest BCUT2D eigenvalue weighted by Crippen LogP contribution is 2.20. The molecule has 2 aromatic carbocycles. The Balaban J connectivity index is 1.85. The van der Waals surface area contributed by atoms with Crippen molar-refractivity contribution in [3.8, 4) is 0 Å². The molecule has 0 aliphatic heterocycles. The number of halogens is 2. The van der Waals surface area contributed by atoms with Crippen LogP contribution in [-0.4, -0.2) is 31.6 Å². The Labute approximate surface area is 159 Å².